The molecular formula is C15H22Cl2N2O2. The number of hydrogen-bond acceptors (Lipinski definition) is 3. The van der Waals surface area contributed by atoms with Crippen LogP contribution < -0.4 is 15.4 Å². The summed E-state index contributed by atoms with van der Waals surface area (Å²) in [7, 11) is 0. The third kappa shape index (κ3) is 5.73. The van der Waals surface area contributed by atoms with Crippen LogP contribution in [0.4, 0.5) is 0 Å². The molecule has 0 spiro atoms. The number of benzene rings is 1. The molecular weight excluding hydrogens is 311 g/mol. The van der Waals surface area contributed by atoms with E-state index in [1.807, 2.05) is 25.1 Å². The normalized spacial score (nSPS) is 19.2. The van der Waals surface area contributed by atoms with Gasteiger partial charge in [-0.2, -0.15) is 0 Å². The molecule has 0 aliphatic carbocycles. The molecule has 1 amide bonds. The average molecular weight is 333 g/mol. The second-order valence-corrected chi connectivity index (χ2v) is 5.51. The quantitative estimate of drug-likeness (QED) is 0.871. The van der Waals surface area contributed by atoms with Gasteiger partial charge in [-0.05, 0) is 38.4 Å². The minimum absolute atomic E-state index is 0. The fourth-order valence-corrected chi connectivity index (χ4v) is 2.42. The number of piperidine rings is 1. The van der Waals surface area contributed by atoms with Gasteiger partial charge in [0.25, 0.3) is 0 Å². The fraction of sp³-hybridized carbons (Fsp3) is 0.533. The smallest absolute Gasteiger partial charge is 0.237 e. The Morgan fingerprint density at radius 2 is 2.24 bits per heavy atom. The SMILES string of the molecule is CC(CNC(=O)C1CCCCN1)Oc1ccccc1Cl.Cl. The fourth-order valence-electron chi connectivity index (χ4n) is 2.24. The average Bonchev–Trinajstić information content (AvgIpc) is 2.48. The van der Waals surface area contributed by atoms with Crippen molar-refractivity contribution in [2.75, 3.05) is 13.1 Å². The number of amides is 1. The number of ether oxygens (including phenoxy) is 1. The van der Waals surface area contributed by atoms with Crippen molar-refractivity contribution in [3.05, 3.63) is 29.3 Å². The second kappa shape index (κ2) is 9.13. The first-order chi connectivity index (χ1) is 9.66. The van der Waals surface area contributed by atoms with Gasteiger partial charge in [0.15, 0.2) is 0 Å². The highest BCUT2D eigenvalue weighted by Gasteiger charge is 2.20. The molecule has 1 aromatic carbocycles. The van der Waals surface area contributed by atoms with E-state index in [0.29, 0.717) is 17.3 Å². The summed E-state index contributed by atoms with van der Waals surface area (Å²) in [5.41, 5.74) is 0. The van der Waals surface area contributed by atoms with E-state index in [9.17, 15) is 4.79 Å². The van der Waals surface area contributed by atoms with Crippen molar-refractivity contribution < 1.29 is 9.53 Å². The molecule has 2 unspecified atom stereocenters. The summed E-state index contributed by atoms with van der Waals surface area (Å²) in [6.07, 6.45) is 3.04. The molecule has 2 N–H and O–H groups in total. The van der Waals surface area contributed by atoms with E-state index in [-0.39, 0.29) is 30.5 Å². The number of carbonyl (C=O) groups is 1. The van der Waals surface area contributed by atoms with Crippen LogP contribution in [-0.4, -0.2) is 31.1 Å². The second-order valence-electron chi connectivity index (χ2n) is 5.11. The van der Waals surface area contributed by atoms with Gasteiger partial charge in [0.2, 0.25) is 5.91 Å². The first-order valence-electron chi connectivity index (χ1n) is 7.09. The first kappa shape index (κ1) is 18.1. The van der Waals surface area contributed by atoms with E-state index in [1.54, 1.807) is 6.07 Å². The summed E-state index contributed by atoms with van der Waals surface area (Å²) in [5.74, 6) is 0.700. The molecule has 1 fully saturated rings. The van der Waals surface area contributed by atoms with Gasteiger partial charge in [0.05, 0.1) is 17.6 Å². The monoisotopic (exact) mass is 332 g/mol. The van der Waals surface area contributed by atoms with Gasteiger partial charge in [0.1, 0.15) is 11.9 Å². The van der Waals surface area contributed by atoms with Gasteiger partial charge in [-0.25, -0.2) is 0 Å². The predicted molar refractivity (Wildman–Crippen MR) is 87.4 cm³/mol. The van der Waals surface area contributed by atoms with E-state index < -0.39 is 0 Å². The van der Waals surface area contributed by atoms with E-state index in [1.165, 1.54) is 0 Å². The van der Waals surface area contributed by atoms with Gasteiger partial charge in [0, 0.05) is 0 Å². The van der Waals surface area contributed by atoms with Crippen molar-refractivity contribution in [2.45, 2.75) is 38.3 Å². The van der Waals surface area contributed by atoms with Crippen molar-refractivity contribution in [3.63, 3.8) is 0 Å². The zero-order chi connectivity index (χ0) is 14.4. The number of hydrogen-bond donors (Lipinski definition) is 2. The van der Waals surface area contributed by atoms with Crippen LogP contribution in [0.5, 0.6) is 5.75 Å². The number of rotatable bonds is 5. The van der Waals surface area contributed by atoms with E-state index in [4.69, 9.17) is 16.3 Å². The van der Waals surface area contributed by atoms with Gasteiger partial charge >= 0.3 is 0 Å². The number of halogens is 2. The molecule has 1 aliphatic heterocycles. The summed E-state index contributed by atoms with van der Waals surface area (Å²) in [6, 6.07) is 7.28. The van der Waals surface area contributed by atoms with E-state index in [2.05, 4.69) is 10.6 Å². The minimum Gasteiger partial charge on any atom is -0.487 e. The predicted octanol–water partition coefficient (Wildman–Crippen LogP) is 2.79. The maximum absolute atomic E-state index is 12.0. The summed E-state index contributed by atoms with van der Waals surface area (Å²) < 4.78 is 5.72. The van der Waals surface area contributed by atoms with Crippen LogP contribution in [0.2, 0.25) is 5.02 Å². The zero-order valence-corrected chi connectivity index (χ0v) is 13.7. The lowest BCUT2D eigenvalue weighted by molar-refractivity contribution is -0.124. The van der Waals surface area contributed by atoms with Crippen LogP contribution in [-0.2, 0) is 4.79 Å². The summed E-state index contributed by atoms with van der Waals surface area (Å²) >= 11 is 6.03. The van der Waals surface area contributed by atoms with Crippen molar-refractivity contribution in [1.82, 2.24) is 10.6 Å². The molecule has 1 aliphatic rings. The molecule has 1 saturated heterocycles. The van der Waals surface area contributed by atoms with Crippen molar-refractivity contribution in [3.8, 4) is 5.75 Å². The first-order valence-corrected chi connectivity index (χ1v) is 7.47. The van der Waals surface area contributed by atoms with Crippen LogP contribution in [0.1, 0.15) is 26.2 Å². The third-order valence-electron chi connectivity index (χ3n) is 3.36. The number of nitrogens with one attached hydrogen (secondary N) is 2. The van der Waals surface area contributed by atoms with Crippen LogP contribution in [0, 0.1) is 0 Å². The van der Waals surface area contributed by atoms with Gasteiger partial charge in [-0.3, -0.25) is 4.79 Å². The lowest BCUT2D eigenvalue weighted by Gasteiger charge is -2.23. The van der Waals surface area contributed by atoms with Crippen molar-refractivity contribution in [1.29, 1.82) is 0 Å². The molecule has 118 valence electrons. The van der Waals surface area contributed by atoms with Gasteiger partial charge < -0.3 is 15.4 Å². The maximum atomic E-state index is 12.0. The minimum atomic E-state index is -0.123. The lowest BCUT2D eigenvalue weighted by Crippen LogP contribution is -2.48. The lowest BCUT2D eigenvalue weighted by atomic mass is 10.0. The van der Waals surface area contributed by atoms with E-state index in [0.717, 1.165) is 25.8 Å². The van der Waals surface area contributed by atoms with Crippen molar-refractivity contribution >= 4 is 29.9 Å². The molecule has 4 nitrogen and oxygen atoms in total. The zero-order valence-electron chi connectivity index (χ0n) is 12.1. The molecule has 2 rings (SSSR count). The third-order valence-corrected chi connectivity index (χ3v) is 3.67. The Morgan fingerprint density at radius 3 is 2.90 bits per heavy atom. The molecule has 0 saturated carbocycles. The molecule has 6 heteroatoms. The number of carbonyl (C=O) groups excluding carboxylic acids is 1. The molecule has 0 aromatic heterocycles. The molecule has 2 atom stereocenters. The van der Waals surface area contributed by atoms with Crippen LogP contribution in [0.3, 0.4) is 0 Å². The molecule has 1 heterocycles. The topological polar surface area (TPSA) is 50.4 Å². The van der Waals surface area contributed by atoms with Crippen molar-refractivity contribution in [2.24, 2.45) is 0 Å². The maximum Gasteiger partial charge on any atom is 0.237 e. The highest BCUT2D eigenvalue weighted by atomic mass is 35.5. The van der Waals surface area contributed by atoms with Crippen LogP contribution in [0.25, 0.3) is 0 Å². The Bertz CT molecular complexity index is 451. The Morgan fingerprint density at radius 1 is 1.48 bits per heavy atom. The van der Waals surface area contributed by atoms with Gasteiger partial charge in [-0.1, -0.05) is 30.2 Å². The summed E-state index contributed by atoms with van der Waals surface area (Å²) in [5, 5.41) is 6.73. The van der Waals surface area contributed by atoms with Crippen LogP contribution in [0.15, 0.2) is 24.3 Å². The van der Waals surface area contributed by atoms with E-state index >= 15 is 0 Å². The largest absolute Gasteiger partial charge is 0.487 e. The standard InChI is InChI=1S/C15H21ClN2O2.ClH/c1-11(20-14-8-3-2-6-12(14)16)10-18-15(19)13-7-4-5-9-17-13;/h2-3,6,8,11,13,17H,4-5,7,9-10H2,1H3,(H,18,19);1H. The van der Waals surface area contributed by atoms with Gasteiger partial charge in [-0.15, -0.1) is 12.4 Å². The molecule has 21 heavy (non-hydrogen) atoms. The van der Waals surface area contributed by atoms with Crippen LogP contribution >= 0.6 is 24.0 Å². The summed E-state index contributed by atoms with van der Waals surface area (Å²) in [4.78, 5) is 12.0. The highest BCUT2D eigenvalue weighted by Crippen LogP contribution is 2.24. The molecule has 1 aromatic rings. The Balaban J connectivity index is 0.00000220. The Labute approximate surface area is 137 Å². The summed E-state index contributed by atoms with van der Waals surface area (Å²) in [6.45, 7) is 3.31. The molecule has 0 bridgehead atoms. The molecule has 0 radical (unpaired) electrons. The number of para-hydroxylation sites is 1. The Kier molecular flexibility index (Phi) is 7.86. The highest BCUT2D eigenvalue weighted by molar-refractivity contribution is 6.32. The Hall–Kier alpha value is -0.970.